The van der Waals surface area contributed by atoms with Gasteiger partial charge in [0.1, 0.15) is 17.2 Å². The minimum absolute atomic E-state index is 0.181. The molecule has 6 heteroatoms. The normalized spacial score (nSPS) is 12.7. The summed E-state index contributed by atoms with van der Waals surface area (Å²) in [6, 6.07) is 3.14. The van der Waals surface area contributed by atoms with Crippen LogP contribution in [-0.4, -0.2) is 15.0 Å². The van der Waals surface area contributed by atoms with Crippen molar-refractivity contribution in [1.82, 2.24) is 15.0 Å². The third-order valence-corrected chi connectivity index (χ3v) is 3.06. The number of nitrogens with two attached hydrogens (primary N) is 1. The lowest BCUT2D eigenvalue weighted by Crippen LogP contribution is -2.12. The Morgan fingerprint density at radius 2 is 2.05 bits per heavy atom. The van der Waals surface area contributed by atoms with Gasteiger partial charge < -0.3 is 5.73 Å². The number of hydrogen-bond acceptors (Lipinski definition) is 3. The highest BCUT2D eigenvalue weighted by atomic mass is 19.1. The van der Waals surface area contributed by atoms with Crippen molar-refractivity contribution in [2.45, 2.75) is 32.7 Å². The molecule has 2 N–H and O–H groups in total. The molecule has 0 saturated carbocycles. The van der Waals surface area contributed by atoms with Gasteiger partial charge in [-0.3, -0.25) is 0 Å². The fraction of sp³-hybridized carbons (Fsp3) is 0.385. The number of aromatic nitrogens is 3. The number of benzene rings is 1. The van der Waals surface area contributed by atoms with E-state index >= 15 is 0 Å². The Balaban J connectivity index is 2.53. The molecule has 1 unspecified atom stereocenters. The smallest absolute Gasteiger partial charge is 0.151 e. The van der Waals surface area contributed by atoms with E-state index in [4.69, 9.17) is 5.73 Å². The standard InChI is InChI=1S/C13H16F2N4/c1-3-10(16)13-11(4-2)19(18-17-13)12-6-5-8(14)7-9(12)15/h5-7,10H,3-4,16H2,1-2H3. The average molecular weight is 266 g/mol. The second kappa shape index (κ2) is 5.44. The fourth-order valence-electron chi connectivity index (χ4n) is 1.97. The first kappa shape index (κ1) is 13.6. The number of nitrogens with zero attached hydrogens (tertiary/aromatic N) is 3. The minimum Gasteiger partial charge on any atom is -0.323 e. The molecule has 0 saturated heterocycles. The third-order valence-electron chi connectivity index (χ3n) is 3.06. The van der Waals surface area contributed by atoms with E-state index in [-0.39, 0.29) is 11.7 Å². The van der Waals surface area contributed by atoms with Crippen LogP contribution in [0.2, 0.25) is 0 Å². The van der Waals surface area contributed by atoms with Gasteiger partial charge in [0.2, 0.25) is 0 Å². The van der Waals surface area contributed by atoms with Gasteiger partial charge in [-0.05, 0) is 25.0 Å². The quantitative estimate of drug-likeness (QED) is 0.925. The molecule has 1 aromatic carbocycles. The summed E-state index contributed by atoms with van der Waals surface area (Å²) in [4.78, 5) is 0. The zero-order valence-electron chi connectivity index (χ0n) is 10.9. The average Bonchev–Trinajstić information content (AvgIpc) is 2.81. The zero-order chi connectivity index (χ0) is 14.0. The van der Waals surface area contributed by atoms with Gasteiger partial charge >= 0.3 is 0 Å². The summed E-state index contributed by atoms with van der Waals surface area (Å²) in [6.07, 6.45) is 1.34. The summed E-state index contributed by atoms with van der Waals surface area (Å²) < 4.78 is 28.1. The van der Waals surface area contributed by atoms with E-state index < -0.39 is 11.6 Å². The van der Waals surface area contributed by atoms with Crippen molar-refractivity contribution < 1.29 is 8.78 Å². The molecule has 0 aliphatic rings. The lowest BCUT2D eigenvalue weighted by molar-refractivity contribution is 0.569. The maximum atomic E-state index is 13.8. The van der Waals surface area contributed by atoms with Gasteiger partial charge in [-0.2, -0.15) is 0 Å². The van der Waals surface area contributed by atoms with Crippen molar-refractivity contribution in [3.05, 3.63) is 41.2 Å². The van der Waals surface area contributed by atoms with Crippen LogP contribution in [0.3, 0.4) is 0 Å². The Bertz CT molecular complexity index is 580. The topological polar surface area (TPSA) is 56.7 Å². The van der Waals surface area contributed by atoms with Crippen molar-refractivity contribution in [2.24, 2.45) is 5.73 Å². The first-order valence-corrected chi connectivity index (χ1v) is 6.23. The molecular weight excluding hydrogens is 250 g/mol. The number of hydrogen-bond donors (Lipinski definition) is 1. The van der Waals surface area contributed by atoms with Crippen LogP contribution in [0.15, 0.2) is 18.2 Å². The highest BCUT2D eigenvalue weighted by Gasteiger charge is 2.19. The monoisotopic (exact) mass is 266 g/mol. The van der Waals surface area contributed by atoms with Crippen molar-refractivity contribution in [3.63, 3.8) is 0 Å². The molecule has 4 nitrogen and oxygen atoms in total. The molecule has 0 aliphatic carbocycles. The molecule has 0 radical (unpaired) electrons. The summed E-state index contributed by atoms with van der Waals surface area (Å²) in [7, 11) is 0. The molecule has 1 aromatic heterocycles. The highest BCUT2D eigenvalue weighted by molar-refractivity contribution is 5.36. The molecule has 0 spiro atoms. The van der Waals surface area contributed by atoms with E-state index in [1.807, 2.05) is 13.8 Å². The minimum atomic E-state index is -0.670. The van der Waals surface area contributed by atoms with Gasteiger partial charge in [-0.25, -0.2) is 13.5 Å². The predicted octanol–water partition coefficient (Wildman–Crippen LogP) is 2.52. The van der Waals surface area contributed by atoms with Crippen LogP contribution < -0.4 is 5.73 Å². The lowest BCUT2D eigenvalue weighted by atomic mass is 10.1. The van der Waals surface area contributed by atoms with Crippen LogP contribution in [0.4, 0.5) is 8.78 Å². The zero-order valence-corrected chi connectivity index (χ0v) is 10.9. The molecule has 2 aromatic rings. The van der Waals surface area contributed by atoms with Crippen molar-refractivity contribution >= 4 is 0 Å². The fourth-order valence-corrected chi connectivity index (χ4v) is 1.97. The molecule has 0 aliphatic heterocycles. The van der Waals surface area contributed by atoms with E-state index in [1.54, 1.807) is 0 Å². The first-order valence-electron chi connectivity index (χ1n) is 6.23. The van der Waals surface area contributed by atoms with Gasteiger partial charge in [-0.1, -0.05) is 19.1 Å². The summed E-state index contributed by atoms with van der Waals surface area (Å²) in [5.74, 6) is -1.29. The highest BCUT2D eigenvalue weighted by Crippen LogP contribution is 2.21. The molecule has 102 valence electrons. The lowest BCUT2D eigenvalue weighted by Gasteiger charge is -2.10. The van der Waals surface area contributed by atoms with E-state index in [2.05, 4.69) is 10.3 Å². The second-order valence-electron chi connectivity index (χ2n) is 4.30. The number of rotatable bonds is 4. The van der Waals surface area contributed by atoms with E-state index in [9.17, 15) is 8.78 Å². The van der Waals surface area contributed by atoms with Crippen LogP contribution in [0.1, 0.15) is 37.7 Å². The Morgan fingerprint density at radius 3 is 2.63 bits per heavy atom. The van der Waals surface area contributed by atoms with Crippen LogP contribution in [0, 0.1) is 11.6 Å². The van der Waals surface area contributed by atoms with Gasteiger partial charge in [0.25, 0.3) is 0 Å². The van der Waals surface area contributed by atoms with Gasteiger partial charge in [0.15, 0.2) is 5.82 Å². The van der Waals surface area contributed by atoms with Crippen molar-refractivity contribution in [2.75, 3.05) is 0 Å². The molecule has 2 rings (SSSR count). The maximum Gasteiger partial charge on any atom is 0.151 e. The van der Waals surface area contributed by atoms with Crippen LogP contribution in [0.25, 0.3) is 5.69 Å². The largest absolute Gasteiger partial charge is 0.323 e. The molecule has 0 amide bonds. The second-order valence-corrected chi connectivity index (χ2v) is 4.30. The molecule has 1 heterocycles. The van der Waals surface area contributed by atoms with Crippen molar-refractivity contribution in [1.29, 1.82) is 0 Å². The third kappa shape index (κ3) is 2.49. The Morgan fingerprint density at radius 1 is 1.32 bits per heavy atom. The van der Waals surface area contributed by atoms with Crippen molar-refractivity contribution in [3.8, 4) is 5.69 Å². The Kier molecular flexibility index (Phi) is 3.90. The summed E-state index contributed by atoms with van der Waals surface area (Å²) in [5, 5.41) is 7.97. The first-order chi connectivity index (χ1) is 9.08. The van der Waals surface area contributed by atoms with E-state index in [1.165, 1.54) is 16.8 Å². The Labute approximate surface area is 110 Å². The van der Waals surface area contributed by atoms with E-state index in [0.717, 1.165) is 18.2 Å². The summed E-state index contributed by atoms with van der Waals surface area (Å²) in [5.41, 5.74) is 7.55. The molecule has 0 fully saturated rings. The molecule has 0 bridgehead atoms. The van der Waals surface area contributed by atoms with Crippen LogP contribution in [-0.2, 0) is 6.42 Å². The van der Waals surface area contributed by atoms with Crippen LogP contribution >= 0.6 is 0 Å². The molecule has 1 atom stereocenters. The van der Waals surface area contributed by atoms with Crippen LogP contribution in [0.5, 0.6) is 0 Å². The SMILES string of the molecule is CCc1c(C(N)CC)nnn1-c1ccc(F)cc1F. The van der Waals surface area contributed by atoms with Gasteiger partial charge in [0.05, 0.1) is 11.7 Å². The van der Waals surface area contributed by atoms with Gasteiger partial charge in [0, 0.05) is 6.07 Å². The van der Waals surface area contributed by atoms with E-state index in [0.29, 0.717) is 12.1 Å². The molecular formula is C13H16F2N4. The number of halogens is 2. The van der Waals surface area contributed by atoms with Gasteiger partial charge in [-0.15, -0.1) is 5.10 Å². The predicted molar refractivity (Wildman–Crippen MR) is 67.9 cm³/mol. The molecule has 19 heavy (non-hydrogen) atoms. The summed E-state index contributed by atoms with van der Waals surface area (Å²) in [6.45, 7) is 3.87. The summed E-state index contributed by atoms with van der Waals surface area (Å²) >= 11 is 0. The Hall–Kier alpha value is -1.82. The maximum absolute atomic E-state index is 13.8.